The summed E-state index contributed by atoms with van der Waals surface area (Å²) in [5, 5.41) is 9.54. The fraction of sp³-hybridized carbons (Fsp3) is 0.250. The summed E-state index contributed by atoms with van der Waals surface area (Å²) < 4.78 is 16.6. The minimum Gasteiger partial charge on any atom is -0.392 e. The fourth-order valence-electron chi connectivity index (χ4n) is 3.12. The summed E-state index contributed by atoms with van der Waals surface area (Å²) >= 11 is 0. The van der Waals surface area contributed by atoms with Crippen molar-refractivity contribution in [1.82, 2.24) is 4.57 Å². The fourth-order valence-corrected chi connectivity index (χ4v) is 3.12. The SMILES string of the molecule is CCc1cc(=O)c2cc(F)c(-c3ccc(CO)cc3)cc2n1CC. The molecule has 0 unspecified atom stereocenters. The van der Waals surface area contributed by atoms with Crippen molar-refractivity contribution in [3.05, 3.63) is 69.8 Å². The number of benzene rings is 2. The van der Waals surface area contributed by atoms with Crippen LogP contribution in [0.15, 0.2) is 47.3 Å². The van der Waals surface area contributed by atoms with Gasteiger partial charge in [0.1, 0.15) is 5.82 Å². The first-order valence-corrected chi connectivity index (χ1v) is 8.15. The molecule has 0 saturated carbocycles. The van der Waals surface area contributed by atoms with Crippen LogP contribution in [-0.4, -0.2) is 9.67 Å². The van der Waals surface area contributed by atoms with Crippen molar-refractivity contribution in [3.63, 3.8) is 0 Å². The zero-order valence-electron chi connectivity index (χ0n) is 13.8. The van der Waals surface area contributed by atoms with Gasteiger partial charge < -0.3 is 9.67 Å². The maximum absolute atomic E-state index is 14.6. The smallest absolute Gasteiger partial charge is 0.189 e. The molecule has 2 aromatic carbocycles. The number of pyridine rings is 1. The summed E-state index contributed by atoms with van der Waals surface area (Å²) in [6, 6.07) is 11.8. The molecule has 3 rings (SSSR count). The molecule has 0 radical (unpaired) electrons. The molecule has 4 heteroatoms. The van der Waals surface area contributed by atoms with Crippen LogP contribution in [0.2, 0.25) is 0 Å². The molecule has 0 atom stereocenters. The molecule has 24 heavy (non-hydrogen) atoms. The highest BCUT2D eigenvalue weighted by atomic mass is 19.1. The van der Waals surface area contributed by atoms with E-state index < -0.39 is 5.82 Å². The van der Waals surface area contributed by atoms with Crippen LogP contribution in [0, 0.1) is 5.82 Å². The van der Waals surface area contributed by atoms with Gasteiger partial charge in [0, 0.05) is 29.3 Å². The lowest BCUT2D eigenvalue weighted by molar-refractivity contribution is 0.282. The first-order valence-electron chi connectivity index (χ1n) is 8.15. The van der Waals surface area contributed by atoms with Gasteiger partial charge in [-0.25, -0.2) is 4.39 Å². The average Bonchev–Trinajstić information content (AvgIpc) is 2.61. The maximum atomic E-state index is 14.6. The number of aryl methyl sites for hydroxylation is 2. The van der Waals surface area contributed by atoms with Gasteiger partial charge in [-0.15, -0.1) is 0 Å². The largest absolute Gasteiger partial charge is 0.392 e. The van der Waals surface area contributed by atoms with E-state index in [2.05, 4.69) is 4.57 Å². The van der Waals surface area contributed by atoms with Crippen molar-refractivity contribution in [1.29, 1.82) is 0 Å². The number of hydrogen-bond donors (Lipinski definition) is 1. The second kappa shape index (κ2) is 6.57. The molecule has 0 fully saturated rings. The molecule has 0 amide bonds. The topological polar surface area (TPSA) is 42.2 Å². The van der Waals surface area contributed by atoms with E-state index in [0.29, 0.717) is 17.5 Å². The van der Waals surface area contributed by atoms with Crippen LogP contribution >= 0.6 is 0 Å². The molecule has 0 bridgehead atoms. The van der Waals surface area contributed by atoms with E-state index in [1.165, 1.54) is 6.07 Å². The number of aliphatic hydroxyl groups is 1. The highest BCUT2D eigenvalue weighted by Gasteiger charge is 2.13. The van der Waals surface area contributed by atoms with Crippen LogP contribution in [0.4, 0.5) is 4.39 Å². The Morgan fingerprint density at radius 2 is 1.79 bits per heavy atom. The number of hydrogen-bond acceptors (Lipinski definition) is 2. The molecule has 1 heterocycles. The Labute approximate surface area is 140 Å². The molecule has 124 valence electrons. The number of aromatic nitrogens is 1. The number of aliphatic hydroxyl groups excluding tert-OH is 1. The van der Waals surface area contributed by atoms with E-state index in [-0.39, 0.29) is 12.0 Å². The molecule has 1 aromatic heterocycles. The number of fused-ring (bicyclic) bond motifs is 1. The highest BCUT2D eigenvalue weighted by molar-refractivity contribution is 5.85. The predicted molar refractivity (Wildman–Crippen MR) is 94.6 cm³/mol. The Kier molecular flexibility index (Phi) is 4.49. The Morgan fingerprint density at radius 1 is 1.08 bits per heavy atom. The minimum absolute atomic E-state index is 0.0459. The molecule has 0 saturated heterocycles. The standard InChI is InChI=1S/C20H20FNO2/c1-3-15-9-20(24)17-10-18(21)16(11-19(17)22(15)4-2)14-7-5-13(12-23)6-8-14/h5-11,23H,3-4,12H2,1-2H3. The van der Waals surface area contributed by atoms with E-state index in [9.17, 15) is 9.18 Å². The van der Waals surface area contributed by atoms with Crippen molar-refractivity contribution in [2.24, 2.45) is 0 Å². The summed E-state index contributed by atoms with van der Waals surface area (Å²) in [4.78, 5) is 12.3. The zero-order chi connectivity index (χ0) is 17.3. The van der Waals surface area contributed by atoms with Crippen LogP contribution < -0.4 is 5.43 Å². The molecule has 0 aliphatic carbocycles. The van der Waals surface area contributed by atoms with Gasteiger partial charge in [0.05, 0.1) is 12.1 Å². The second-order valence-electron chi connectivity index (χ2n) is 5.80. The van der Waals surface area contributed by atoms with E-state index in [0.717, 1.165) is 28.8 Å². The maximum Gasteiger partial charge on any atom is 0.189 e. The van der Waals surface area contributed by atoms with Crippen molar-refractivity contribution >= 4 is 10.9 Å². The van der Waals surface area contributed by atoms with Gasteiger partial charge in [-0.3, -0.25) is 4.79 Å². The number of rotatable bonds is 4. The zero-order valence-corrected chi connectivity index (χ0v) is 13.8. The van der Waals surface area contributed by atoms with Gasteiger partial charge in [0.15, 0.2) is 5.43 Å². The molecular formula is C20H20FNO2. The normalized spacial score (nSPS) is 11.2. The van der Waals surface area contributed by atoms with E-state index >= 15 is 0 Å². The van der Waals surface area contributed by atoms with E-state index in [1.807, 2.05) is 13.8 Å². The summed E-state index contributed by atoms with van der Waals surface area (Å²) in [7, 11) is 0. The third-order valence-electron chi connectivity index (χ3n) is 4.41. The second-order valence-corrected chi connectivity index (χ2v) is 5.80. The van der Waals surface area contributed by atoms with Crippen molar-refractivity contribution < 1.29 is 9.50 Å². The molecule has 0 aliphatic rings. The number of nitrogens with zero attached hydrogens (tertiary/aromatic N) is 1. The predicted octanol–water partition coefficient (Wildman–Crippen LogP) is 3.88. The van der Waals surface area contributed by atoms with Crippen molar-refractivity contribution in [3.8, 4) is 11.1 Å². The summed E-state index contributed by atoms with van der Waals surface area (Å²) in [6.45, 7) is 4.69. The molecular weight excluding hydrogens is 305 g/mol. The Hall–Kier alpha value is -2.46. The lowest BCUT2D eigenvalue weighted by Gasteiger charge is -2.16. The molecule has 1 N–H and O–H groups in total. The highest BCUT2D eigenvalue weighted by Crippen LogP contribution is 2.27. The summed E-state index contributed by atoms with van der Waals surface area (Å²) in [5.74, 6) is -0.414. The molecule has 3 nitrogen and oxygen atoms in total. The Bertz CT molecular complexity index is 942. The lowest BCUT2D eigenvalue weighted by Crippen LogP contribution is -2.13. The van der Waals surface area contributed by atoms with Crippen LogP contribution in [0.25, 0.3) is 22.0 Å². The lowest BCUT2D eigenvalue weighted by atomic mass is 10.0. The van der Waals surface area contributed by atoms with E-state index in [1.54, 1.807) is 36.4 Å². The third kappa shape index (κ3) is 2.74. The monoisotopic (exact) mass is 325 g/mol. The quantitative estimate of drug-likeness (QED) is 0.791. The Balaban J connectivity index is 2.29. The van der Waals surface area contributed by atoms with Crippen LogP contribution in [0.3, 0.4) is 0 Å². The first kappa shape index (κ1) is 16.4. The van der Waals surface area contributed by atoms with Gasteiger partial charge in [-0.05, 0) is 36.6 Å². The van der Waals surface area contributed by atoms with Gasteiger partial charge >= 0.3 is 0 Å². The average molecular weight is 325 g/mol. The number of halogens is 1. The van der Waals surface area contributed by atoms with Crippen LogP contribution in [0.1, 0.15) is 25.1 Å². The Morgan fingerprint density at radius 3 is 2.38 bits per heavy atom. The van der Waals surface area contributed by atoms with Gasteiger partial charge in [0.25, 0.3) is 0 Å². The molecule has 3 aromatic rings. The minimum atomic E-state index is -0.414. The molecule has 0 aliphatic heterocycles. The van der Waals surface area contributed by atoms with Crippen LogP contribution in [0.5, 0.6) is 0 Å². The first-order chi connectivity index (χ1) is 11.6. The van der Waals surface area contributed by atoms with Gasteiger partial charge in [-0.1, -0.05) is 31.2 Å². The summed E-state index contributed by atoms with van der Waals surface area (Å²) in [5.41, 5.74) is 3.52. The summed E-state index contributed by atoms with van der Waals surface area (Å²) in [6.07, 6.45) is 0.747. The van der Waals surface area contributed by atoms with E-state index in [4.69, 9.17) is 5.11 Å². The van der Waals surface area contributed by atoms with Gasteiger partial charge in [-0.2, -0.15) is 0 Å². The molecule has 0 spiro atoms. The van der Waals surface area contributed by atoms with Crippen molar-refractivity contribution in [2.45, 2.75) is 33.4 Å². The van der Waals surface area contributed by atoms with Gasteiger partial charge in [0.2, 0.25) is 0 Å². The van der Waals surface area contributed by atoms with Crippen molar-refractivity contribution in [2.75, 3.05) is 0 Å². The van der Waals surface area contributed by atoms with Crippen LogP contribution in [-0.2, 0) is 19.6 Å². The third-order valence-corrected chi connectivity index (χ3v) is 4.41.